The Labute approximate surface area is 129 Å². The van der Waals surface area contributed by atoms with Crippen molar-refractivity contribution < 1.29 is 14.6 Å². The minimum absolute atomic E-state index is 0.0923. The first-order valence-electron chi connectivity index (χ1n) is 8.44. The van der Waals surface area contributed by atoms with Crippen molar-refractivity contribution in [3.05, 3.63) is 0 Å². The van der Waals surface area contributed by atoms with Crippen LogP contribution in [0.4, 0.5) is 0 Å². The highest BCUT2D eigenvalue weighted by atomic mass is 16.5. The summed E-state index contributed by atoms with van der Waals surface area (Å²) in [6.45, 7) is 7.54. The molecule has 0 aromatic carbocycles. The standard InChI is InChI=1S/C17H33NO3/c1-14-5-8-17(19)13-15(6-7-16(14,17)2)21-12-11-20-10-9-18(3)4/h14-15,19H,5-13H2,1-4H3. The summed E-state index contributed by atoms with van der Waals surface area (Å²) in [6, 6.07) is 0. The number of aliphatic hydroxyl groups is 1. The van der Waals surface area contributed by atoms with Gasteiger partial charge in [0.1, 0.15) is 0 Å². The molecule has 2 aliphatic carbocycles. The molecule has 0 bridgehead atoms. The zero-order valence-corrected chi connectivity index (χ0v) is 14.2. The summed E-state index contributed by atoms with van der Waals surface area (Å²) < 4.78 is 11.5. The van der Waals surface area contributed by atoms with E-state index in [1.54, 1.807) is 0 Å². The van der Waals surface area contributed by atoms with Crippen molar-refractivity contribution in [2.45, 2.75) is 57.7 Å². The van der Waals surface area contributed by atoms with Crippen molar-refractivity contribution in [3.63, 3.8) is 0 Å². The number of hydrogen-bond donors (Lipinski definition) is 1. The van der Waals surface area contributed by atoms with E-state index in [2.05, 4.69) is 18.7 Å². The molecule has 0 amide bonds. The van der Waals surface area contributed by atoms with E-state index in [1.165, 1.54) is 0 Å². The van der Waals surface area contributed by atoms with Gasteiger partial charge in [0.15, 0.2) is 0 Å². The molecule has 2 rings (SSSR count). The lowest BCUT2D eigenvalue weighted by Gasteiger charge is -2.48. The predicted molar refractivity (Wildman–Crippen MR) is 84.4 cm³/mol. The smallest absolute Gasteiger partial charge is 0.0728 e. The van der Waals surface area contributed by atoms with Gasteiger partial charge in [-0.05, 0) is 51.1 Å². The molecule has 2 aliphatic rings. The van der Waals surface area contributed by atoms with Gasteiger partial charge in [-0.25, -0.2) is 0 Å². The molecule has 124 valence electrons. The summed E-state index contributed by atoms with van der Waals surface area (Å²) in [5.74, 6) is 0.623. The lowest BCUT2D eigenvalue weighted by atomic mass is 9.62. The van der Waals surface area contributed by atoms with Gasteiger partial charge in [-0.2, -0.15) is 0 Å². The van der Waals surface area contributed by atoms with Crippen LogP contribution in [0.3, 0.4) is 0 Å². The molecule has 0 aromatic heterocycles. The average Bonchev–Trinajstić information content (AvgIpc) is 2.66. The molecule has 0 saturated heterocycles. The fourth-order valence-electron chi connectivity index (χ4n) is 4.04. The first-order valence-corrected chi connectivity index (χ1v) is 8.44. The van der Waals surface area contributed by atoms with Gasteiger partial charge in [0.05, 0.1) is 31.5 Å². The molecule has 4 atom stereocenters. The second-order valence-corrected chi connectivity index (χ2v) is 7.54. The lowest BCUT2D eigenvalue weighted by molar-refractivity contribution is -0.144. The van der Waals surface area contributed by atoms with Crippen LogP contribution in [0.25, 0.3) is 0 Å². The number of ether oxygens (including phenoxy) is 2. The molecule has 0 radical (unpaired) electrons. The maximum atomic E-state index is 11.0. The van der Waals surface area contributed by atoms with Crippen molar-refractivity contribution in [1.82, 2.24) is 4.90 Å². The summed E-state index contributed by atoms with van der Waals surface area (Å²) >= 11 is 0. The average molecular weight is 299 g/mol. The zero-order valence-electron chi connectivity index (χ0n) is 14.2. The Morgan fingerprint density at radius 3 is 2.62 bits per heavy atom. The molecule has 21 heavy (non-hydrogen) atoms. The minimum atomic E-state index is -0.513. The Kier molecular flexibility index (Phi) is 5.69. The van der Waals surface area contributed by atoms with Crippen LogP contribution in [0.2, 0.25) is 0 Å². The Hall–Kier alpha value is -0.160. The van der Waals surface area contributed by atoms with E-state index in [0.717, 1.165) is 45.3 Å². The molecule has 0 heterocycles. The van der Waals surface area contributed by atoms with Crippen molar-refractivity contribution in [2.24, 2.45) is 11.3 Å². The van der Waals surface area contributed by atoms with Crippen molar-refractivity contribution in [3.8, 4) is 0 Å². The van der Waals surface area contributed by atoms with Crippen molar-refractivity contribution >= 4 is 0 Å². The number of likely N-dealkylation sites (N-methyl/N-ethyl adjacent to an activating group) is 1. The fourth-order valence-corrected chi connectivity index (χ4v) is 4.04. The van der Waals surface area contributed by atoms with Gasteiger partial charge in [-0.3, -0.25) is 0 Å². The van der Waals surface area contributed by atoms with Crippen LogP contribution in [0.15, 0.2) is 0 Å². The molecule has 2 saturated carbocycles. The highest BCUT2D eigenvalue weighted by Crippen LogP contribution is 2.58. The third-order valence-corrected chi connectivity index (χ3v) is 5.96. The second-order valence-electron chi connectivity index (χ2n) is 7.54. The number of nitrogens with zero attached hydrogens (tertiary/aromatic N) is 1. The third-order valence-electron chi connectivity index (χ3n) is 5.96. The summed E-state index contributed by atoms with van der Waals surface area (Å²) in [7, 11) is 4.09. The molecule has 0 spiro atoms. The second kappa shape index (κ2) is 6.95. The van der Waals surface area contributed by atoms with E-state index in [1.807, 2.05) is 14.1 Å². The van der Waals surface area contributed by atoms with E-state index >= 15 is 0 Å². The molecular weight excluding hydrogens is 266 g/mol. The molecule has 2 fully saturated rings. The lowest BCUT2D eigenvalue weighted by Crippen LogP contribution is -2.51. The molecule has 4 unspecified atom stereocenters. The Morgan fingerprint density at radius 2 is 1.90 bits per heavy atom. The zero-order chi connectivity index (χ0) is 15.5. The molecular formula is C17H33NO3. The van der Waals surface area contributed by atoms with Crippen LogP contribution in [0.5, 0.6) is 0 Å². The van der Waals surface area contributed by atoms with Crippen LogP contribution >= 0.6 is 0 Å². The summed E-state index contributed by atoms with van der Waals surface area (Å²) in [5, 5.41) is 11.0. The van der Waals surface area contributed by atoms with Gasteiger partial charge >= 0.3 is 0 Å². The van der Waals surface area contributed by atoms with Gasteiger partial charge in [-0.1, -0.05) is 13.8 Å². The quantitative estimate of drug-likeness (QED) is 0.733. The van der Waals surface area contributed by atoms with E-state index < -0.39 is 5.60 Å². The summed E-state index contributed by atoms with van der Waals surface area (Å²) in [6.07, 6.45) is 5.23. The normalized spacial score (nSPS) is 39.7. The SMILES string of the molecule is CC1CCC2(O)CC(OCCOCCN(C)C)CCC12C. The Morgan fingerprint density at radius 1 is 1.14 bits per heavy atom. The van der Waals surface area contributed by atoms with E-state index in [4.69, 9.17) is 9.47 Å². The van der Waals surface area contributed by atoms with Crippen LogP contribution in [-0.2, 0) is 9.47 Å². The molecule has 4 nitrogen and oxygen atoms in total. The van der Waals surface area contributed by atoms with Crippen molar-refractivity contribution in [1.29, 1.82) is 0 Å². The van der Waals surface area contributed by atoms with Crippen molar-refractivity contribution in [2.75, 3.05) is 40.5 Å². The monoisotopic (exact) mass is 299 g/mol. The fraction of sp³-hybridized carbons (Fsp3) is 1.00. The van der Waals surface area contributed by atoms with Crippen LogP contribution < -0.4 is 0 Å². The highest BCUT2D eigenvalue weighted by Gasteiger charge is 2.57. The van der Waals surface area contributed by atoms with Crippen LogP contribution in [0, 0.1) is 11.3 Å². The topological polar surface area (TPSA) is 41.9 Å². The van der Waals surface area contributed by atoms with Crippen LogP contribution in [0.1, 0.15) is 46.0 Å². The molecule has 1 N–H and O–H groups in total. The first kappa shape index (κ1) is 17.2. The maximum absolute atomic E-state index is 11.0. The molecule has 0 aromatic rings. The maximum Gasteiger partial charge on any atom is 0.0728 e. The molecule has 0 aliphatic heterocycles. The Bertz CT molecular complexity index is 336. The third kappa shape index (κ3) is 3.79. The van der Waals surface area contributed by atoms with Gasteiger partial charge in [0.2, 0.25) is 0 Å². The highest BCUT2D eigenvalue weighted by molar-refractivity contribution is 5.08. The van der Waals surface area contributed by atoms with E-state index in [-0.39, 0.29) is 11.5 Å². The first-order chi connectivity index (χ1) is 9.87. The molecule has 4 heteroatoms. The number of fused-ring (bicyclic) bond motifs is 1. The van der Waals surface area contributed by atoms with Gasteiger partial charge in [0, 0.05) is 13.0 Å². The van der Waals surface area contributed by atoms with E-state index in [9.17, 15) is 5.11 Å². The van der Waals surface area contributed by atoms with Crippen LogP contribution in [-0.4, -0.2) is 62.2 Å². The predicted octanol–water partition coefficient (Wildman–Crippen LogP) is 2.30. The summed E-state index contributed by atoms with van der Waals surface area (Å²) in [4.78, 5) is 2.11. The minimum Gasteiger partial charge on any atom is -0.389 e. The van der Waals surface area contributed by atoms with E-state index in [0.29, 0.717) is 19.1 Å². The largest absolute Gasteiger partial charge is 0.389 e. The number of hydrogen-bond acceptors (Lipinski definition) is 4. The summed E-state index contributed by atoms with van der Waals surface area (Å²) in [5.41, 5.74) is -0.420. The van der Waals surface area contributed by atoms with Gasteiger partial charge in [-0.15, -0.1) is 0 Å². The Balaban J connectivity index is 1.68. The number of rotatable bonds is 7. The van der Waals surface area contributed by atoms with Gasteiger partial charge < -0.3 is 19.5 Å². The van der Waals surface area contributed by atoms with Gasteiger partial charge in [0.25, 0.3) is 0 Å².